The largest absolute Gasteiger partial charge is 0.399 e. The van der Waals surface area contributed by atoms with Crippen LogP contribution in [0, 0.1) is 13.8 Å². The van der Waals surface area contributed by atoms with Gasteiger partial charge in [-0.25, -0.2) is 8.42 Å². The molecule has 0 atom stereocenters. The molecular weight excluding hydrogens is 272 g/mol. The molecule has 2 rings (SSSR count). The molecule has 0 aliphatic heterocycles. The first-order chi connectivity index (χ1) is 9.32. The first-order valence-corrected chi connectivity index (χ1v) is 7.68. The van der Waals surface area contributed by atoms with Gasteiger partial charge in [-0.15, -0.1) is 0 Å². The van der Waals surface area contributed by atoms with Crippen LogP contribution in [0.25, 0.3) is 0 Å². The highest BCUT2D eigenvalue weighted by Gasteiger charge is 2.22. The van der Waals surface area contributed by atoms with Crippen molar-refractivity contribution in [3.63, 3.8) is 0 Å². The highest BCUT2D eigenvalue weighted by molar-refractivity contribution is 7.92. The lowest BCUT2D eigenvalue weighted by Crippen LogP contribution is -2.27. The molecule has 4 nitrogen and oxygen atoms in total. The van der Waals surface area contributed by atoms with Gasteiger partial charge in [0, 0.05) is 12.7 Å². The molecule has 0 spiro atoms. The molecule has 0 aliphatic carbocycles. The van der Waals surface area contributed by atoms with E-state index in [9.17, 15) is 8.42 Å². The van der Waals surface area contributed by atoms with Crippen LogP contribution in [-0.2, 0) is 10.0 Å². The predicted octanol–water partition coefficient (Wildman–Crippen LogP) is 2.71. The van der Waals surface area contributed by atoms with E-state index in [0.717, 1.165) is 11.1 Å². The number of aryl methyl sites for hydroxylation is 2. The second-order valence-corrected chi connectivity index (χ2v) is 6.80. The smallest absolute Gasteiger partial charge is 0.264 e. The Balaban J connectivity index is 2.45. The minimum Gasteiger partial charge on any atom is -0.399 e. The number of rotatable bonds is 3. The zero-order valence-corrected chi connectivity index (χ0v) is 12.6. The second-order valence-electron chi connectivity index (χ2n) is 4.83. The van der Waals surface area contributed by atoms with Crippen LogP contribution in [0.4, 0.5) is 11.4 Å². The van der Waals surface area contributed by atoms with Crippen molar-refractivity contribution in [2.24, 2.45) is 0 Å². The maximum Gasteiger partial charge on any atom is 0.264 e. The number of sulfonamides is 1. The number of benzene rings is 2. The molecule has 2 aromatic rings. The van der Waals surface area contributed by atoms with Gasteiger partial charge >= 0.3 is 0 Å². The second kappa shape index (κ2) is 5.17. The molecule has 2 N–H and O–H groups in total. The van der Waals surface area contributed by atoms with Gasteiger partial charge in [-0.2, -0.15) is 0 Å². The van der Waals surface area contributed by atoms with Crippen molar-refractivity contribution in [2.75, 3.05) is 17.1 Å². The van der Waals surface area contributed by atoms with Gasteiger partial charge in [0.05, 0.1) is 10.6 Å². The van der Waals surface area contributed by atoms with E-state index in [1.54, 1.807) is 49.5 Å². The standard InChI is InChI=1S/C15H18N2O2S/c1-11-4-7-14(8-5-11)20(18,19)17(3)15-9-6-13(16)10-12(15)2/h4-10H,16H2,1-3H3. The quantitative estimate of drug-likeness (QED) is 0.884. The summed E-state index contributed by atoms with van der Waals surface area (Å²) in [5, 5.41) is 0. The van der Waals surface area contributed by atoms with Crippen LogP contribution < -0.4 is 10.0 Å². The molecule has 106 valence electrons. The summed E-state index contributed by atoms with van der Waals surface area (Å²) in [4.78, 5) is 0.279. The fraction of sp³-hybridized carbons (Fsp3) is 0.200. The fourth-order valence-corrected chi connectivity index (χ4v) is 3.29. The maximum atomic E-state index is 12.6. The van der Waals surface area contributed by atoms with E-state index in [0.29, 0.717) is 11.4 Å². The molecule has 0 aromatic heterocycles. The van der Waals surface area contributed by atoms with Crippen LogP contribution in [0.3, 0.4) is 0 Å². The lowest BCUT2D eigenvalue weighted by Gasteiger charge is -2.21. The van der Waals surface area contributed by atoms with Crippen LogP contribution in [0.1, 0.15) is 11.1 Å². The number of nitrogens with two attached hydrogens (primary N) is 1. The minimum absolute atomic E-state index is 0.279. The van der Waals surface area contributed by atoms with E-state index < -0.39 is 10.0 Å². The van der Waals surface area contributed by atoms with Gasteiger partial charge in [0.15, 0.2) is 0 Å². The number of anilines is 2. The first-order valence-electron chi connectivity index (χ1n) is 6.24. The third-order valence-electron chi connectivity index (χ3n) is 3.24. The van der Waals surface area contributed by atoms with E-state index >= 15 is 0 Å². The monoisotopic (exact) mass is 290 g/mol. The summed E-state index contributed by atoms with van der Waals surface area (Å²) in [6.45, 7) is 3.76. The molecule has 5 heteroatoms. The Kier molecular flexibility index (Phi) is 3.72. The van der Waals surface area contributed by atoms with E-state index in [1.807, 2.05) is 13.8 Å². The van der Waals surface area contributed by atoms with Crippen molar-refractivity contribution in [2.45, 2.75) is 18.7 Å². The van der Waals surface area contributed by atoms with Gasteiger partial charge in [0.1, 0.15) is 0 Å². The van der Waals surface area contributed by atoms with Crippen LogP contribution >= 0.6 is 0 Å². The number of nitrogen functional groups attached to an aromatic ring is 1. The van der Waals surface area contributed by atoms with Crippen molar-refractivity contribution in [1.29, 1.82) is 0 Å². The molecule has 0 amide bonds. The van der Waals surface area contributed by atoms with Gasteiger partial charge in [-0.1, -0.05) is 17.7 Å². The minimum atomic E-state index is -3.55. The average molecular weight is 290 g/mol. The van der Waals surface area contributed by atoms with Crippen molar-refractivity contribution in [3.05, 3.63) is 53.6 Å². The van der Waals surface area contributed by atoms with Crippen LogP contribution in [-0.4, -0.2) is 15.5 Å². The summed E-state index contributed by atoms with van der Waals surface area (Å²) in [6, 6.07) is 12.0. The average Bonchev–Trinajstić information content (AvgIpc) is 2.38. The molecule has 0 saturated carbocycles. The molecule has 0 aliphatic rings. The van der Waals surface area contributed by atoms with Crippen molar-refractivity contribution in [1.82, 2.24) is 0 Å². The molecule has 0 bridgehead atoms. The normalized spacial score (nSPS) is 11.3. The summed E-state index contributed by atoms with van der Waals surface area (Å²) < 4.78 is 26.4. The molecule has 0 heterocycles. The summed E-state index contributed by atoms with van der Waals surface area (Å²) in [6.07, 6.45) is 0. The SMILES string of the molecule is Cc1ccc(S(=O)(=O)N(C)c2ccc(N)cc2C)cc1. The first kappa shape index (κ1) is 14.4. The Labute approximate surface area is 119 Å². The summed E-state index contributed by atoms with van der Waals surface area (Å²) in [5.41, 5.74) is 8.79. The Morgan fingerprint density at radius 1 is 1.00 bits per heavy atom. The van der Waals surface area contributed by atoms with Crippen molar-refractivity contribution in [3.8, 4) is 0 Å². The van der Waals surface area contributed by atoms with Gasteiger partial charge in [0.25, 0.3) is 10.0 Å². The Morgan fingerprint density at radius 3 is 2.15 bits per heavy atom. The molecular formula is C15H18N2O2S. The molecule has 0 fully saturated rings. The summed E-state index contributed by atoms with van der Waals surface area (Å²) in [7, 11) is -2.00. The Hall–Kier alpha value is -2.01. The zero-order valence-electron chi connectivity index (χ0n) is 11.8. The number of hydrogen-bond acceptors (Lipinski definition) is 3. The summed E-state index contributed by atoms with van der Waals surface area (Å²) in [5.74, 6) is 0. The summed E-state index contributed by atoms with van der Waals surface area (Å²) >= 11 is 0. The van der Waals surface area contributed by atoms with Crippen LogP contribution in [0.15, 0.2) is 47.4 Å². The fourth-order valence-electron chi connectivity index (χ4n) is 2.03. The molecule has 0 saturated heterocycles. The Bertz CT molecular complexity index is 722. The van der Waals surface area contributed by atoms with Crippen molar-refractivity contribution >= 4 is 21.4 Å². The lowest BCUT2D eigenvalue weighted by atomic mass is 10.2. The maximum absolute atomic E-state index is 12.6. The Morgan fingerprint density at radius 2 is 1.60 bits per heavy atom. The highest BCUT2D eigenvalue weighted by atomic mass is 32.2. The van der Waals surface area contributed by atoms with Crippen LogP contribution in [0.5, 0.6) is 0 Å². The molecule has 0 radical (unpaired) electrons. The van der Waals surface area contributed by atoms with E-state index in [4.69, 9.17) is 5.73 Å². The van der Waals surface area contributed by atoms with Gasteiger partial charge in [-0.3, -0.25) is 4.31 Å². The van der Waals surface area contributed by atoms with Crippen molar-refractivity contribution < 1.29 is 8.42 Å². The number of hydrogen-bond donors (Lipinski definition) is 1. The zero-order chi connectivity index (χ0) is 14.9. The lowest BCUT2D eigenvalue weighted by molar-refractivity contribution is 0.594. The third-order valence-corrected chi connectivity index (χ3v) is 5.03. The van der Waals surface area contributed by atoms with Gasteiger partial charge < -0.3 is 5.73 Å². The molecule has 20 heavy (non-hydrogen) atoms. The van der Waals surface area contributed by atoms with Gasteiger partial charge in [0.2, 0.25) is 0 Å². The highest BCUT2D eigenvalue weighted by Crippen LogP contribution is 2.26. The third kappa shape index (κ3) is 2.63. The molecule has 2 aromatic carbocycles. The topological polar surface area (TPSA) is 63.4 Å². The predicted molar refractivity (Wildman–Crippen MR) is 82.4 cm³/mol. The number of nitrogens with zero attached hydrogens (tertiary/aromatic N) is 1. The van der Waals surface area contributed by atoms with E-state index in [2.05, 4.69) is 0 Å². The van der Waals surface area contributed by atoms with E-state index in [1.165, 1.54) is 4.31 Å². The molecule has 0 unspecified atom stereocenters. The van der Waals surface area contributed by atoms with Gasteiger partial charge in [-0.05, 0) is 49.7 Å². The van der Waals surface area contributed by atoms with E-state index in [-0.39, 0.29) is 4.90 Å². The van der Waals surface area contributed by atoms with Crippen LogP contribution in [0.2, 0.25) is 0 Å².